The van der Waals surface area contributed by atoms with Crippen LogP contribution in [-0.4, -0.2) is 38.1 Å². The van der Waals surface area contributed by atoms with Gasteiger partial charge in [0, 0.05) is 10.5 Å². The maximum atomic E-state index is 13.8. The normalized spacial score (nSPS) is 12.9. The third kappa shape index (κ3) is 6.50. The third-order valence-electron chi connectivity index (χ3n) is 3.08. The van der Waals surface area contributed by atoms with Gasteiger partial charge in [-0.15, -0.1) is 0 Å². The average Bonchev–Trinajstić information content (AvgIpc) is 2.36. The molecule has 108 valence electrons. The smallest absolute Gasteiger partial charge is 0.126 e. The van der Waals surface area contributed by atoms with Crippen LogP contribution < -0.4 is 5.32 Å². The molecule has 1 rings (SSSR count). The minimum Gasteiger partial charge on any atom is -0.314 e. The van der Waals surface area contributed by atoms with Gasteiger partial charge in [-0.1, -0.05) is 22.9 Å². The topological polar surface area (TPSA) is 15.3 Å². The second-order valence-electron chi connectivity index (χ2n) is 5.18. The van der Waals surface area contributed by atoms with E-state index in [1.165, 1.54) is 6.07 Å². The molecule has 1 unspecified atom stereocenters. The Kier molecular flexibility index (Phi) is 7.57. The van der Waals surface area contributed by atoms with Crippen molar-refractivity contribution in [3.05, 3.63) is 34.1 Å². The molecule has 1 aromatic rings. The van der Waals surface area contributed by atoms with E-state index in [2.05, 4.69) is 47.2 Å². The lowest BCUT2D eigenvalue weighted by Crippen LogP contribution is -2.35. The summed E-state index contributed by atoms with van der Waals surface area (Å²) in [6.07, 6.45) is 2.86. The fraction of sp³-hybridized carbons (Fsp3) is 0.600. The van der Waals surface area contributed by atoms with Gasteiger partial charge in [-0.05, 0) is 70.2 Å². The van der Waals surface area contributed by atoms with Gasteiger partial charge in [0.2, 0.25) is 0 Å². The Hall–Kier alpha value is -0.450. The zero-order valence-corrected chi connectivity index (χ0v) is 13.6. The number of hydrogen-bond acceptors (Lipinski definition) is 2. The van der Waals surface area contributed by atoms with Crippen LogP contribution in [0.15, 0.2) is 22.7 Å². The van der Waals surface area contributed by atoms with Crippen LogP contribution in [0.1, 0.15) is 25.3 Å². The van der Waals surface area contributed by atoms with E-state index in [0.717, 1.165) is 42.4 Å². The zero-order valence-electron chi connectivity index (χ0n) is 12.0. The Morgan fingerprint density at radius 2 is 2.11 bits per heavy atom. The zero-order chi connectivity index (χ0) is 14.3. The molecule has 1 atom stereocenters. The molecule has 0 radical (unpaired) electrons. The summed E-state index contributed by atoms with van der Waals surface area (Å²) in [5.74, 6) is -0.114. The second kappa shape index (κ2) is 8.67. The van der Waals surface area contributed by atoms with Gasteiger partial charge >= 0.3 is 0 Å². The maximum absolute atomic E-state index is 13.8. The van der Waals surface area contributed by atoms with E-state index in [1.54, 1.807) is 6.07 Å². The van der Waals surface area contributed by atoms with Crippen molar-refractivity contribution in [3.63, 3.8) is 0 Å². The van der Waals surface area contributed by atoms with E-state index in [0.29, 0.717) is 6.04 Å². The summed E-state index contributed by atoms with van der Waals surface area (Å²) in [7, 11) is 4.13. The Morgan fingerprint density at radius 1 is 1.37 bits per heavy atom. The quantitative estimate of drug-likeness (QED) is 0.785. The summed E-state index contributed by atoms with van der Waals surface area (Å²) in [4.78, 5) is 2.16. The van der Waals surface area contributed by atoms with Crippen LogP contribution >= 0.6 is 15.9 Å². The summed E-state index contributed by atoms with van der Waals surface area (Å²) >= 11 is 3.41. The highest BCUT2D eigenvalue weighted by Crippen LogP contribution is 2.17. The molecule has 0 saturated carbocycles. The number of hydrogen-bond donors (Lipinski definition) is 1. The molecule has 0 amide bonds. The Labute approximate surface area is 124 Å². The molecule has 0 heterocycles. The van der Waals surface area contributed by atoms with Gasteiger partial charge in [0.1, 0.15) is 5.82 Å². The van der Waals surface area contributed by atoms with E-state index in [4.69, 9.17) is 0 Å². The molecular weight excluding hydrogens is 307 g/mol. The largest absolute Gasteiger partial charge is 0.314 e. The molecule has 0 saturated heterocycles. The first-order valence-electron chi connectivity index (χ1n) is 6.85. The number of nitrogens with one attached hydrogen (secondary N) is 1. The average molecular weight is 331 g/mol. The van der Waals surface area contributed by atoms with Crippen LogP contribution in [0, 0.1) is 5.82 Å². The summed E-state index contributed by atoms with van der Waals surface area (Å²) < 4.78 is 14.7. The number of benzene rings is 1. The van der Waals surface area contributed by atoms with Crippen LogP contribution in [0.4, 0.5) is 4.39 Å². The molecule has 19 heavy (non-hydrogen) atoms. The lowest BCUT2D eigenvalue weighted by Gasteiger charge is -2.21. The second-order valence-corrected chi connectivity index (χ2v) is 6.10. The fourth-order valence-corrected chi connectivity index (χ4v) is 2.41. The first-order valence-corrected chi connectivity index (χ1v) is 7.64. The lowest BCUT2D eigenvalue weighted by atomic mass is 10.0. The minimum absolute atomic E-state index is 0.114. The highest BCUT2D eigenvalue weighted by Gasteiger charge is 2.12. The predicted octanol–water partition coefficient (Wildman–Crippen LogP) is 3.45. The molecule has 0 aliphatic carbocycles. The summed E-state index contributed by atoms with van der Waals surface area (Å²) in [5, 5.41) is 3.51. The first kappa shape index (κ1) is 16.6. The van der Waals surface area contributed by atoms with Gasteiger partial charge in [-0.2, -0.15) is 0 Å². The lowest BCUT2D eigenvalue weighted by molar-refractivity contribution is 0.354. The Bertz CT molecular complexity index is 382. The highest BCUT2D eigenvalue weighted by molar-refractivity contribution is 9.10. The number of halogens is 2. The van der Waals surface area contributed by atoms with Crippen LogP contribution in [0.5, 0.6) is 0 Å². The molecular formula is C15H24BrFN2. The molecule has 1 N–H and O–H groups in total. The predicted molar refractivity (Wildman–Crippen MR) is 83.1 cm³/mol. The van der Waals surface area contributed by atoms with E-state index in [9.17, 15) is 4.39 Å². The molecule has 2 nitrogen and oxygen atoms in total. The molecule has 0 aliphatic heterocycles. The number of rotatable bonds is 8. The van der Waals surface area contributed by atoms with Gasteiger partial charge in [-0.25, -0.2) is 4.39 Å². The van der Waals surface area contributed by atoms with Gasteiger partial charge < -0.3 is 10.2 Å². The number of nitrogens with zero attached hydrogens (tertiary/aromatic N) is 1. The van der Waals surface area contributed by atoms with E-state index in [-0.39, 0.29) is 5.82 Å². The Balaban J connectivity index is 2.66. The molecule has 4 heteroatoms. The highest BCUT2D eigenvalue weighted by atomic mass is 79.9. The molecule has 0 aromatic heterocycles. The fourth-order valence-electron chi connectivity index (χ4n) is 2.00. The van der Waals surface area contributed by atoms with Gasteiger partial charge in [0.25, 0.3) is 0 Å². The van der Waals surface area contributed by atoms with Crippen LogP contribution in [0.25, 0.3) is 0 Å². The van der Waals surface area contributed by atoms with E-state index < -0.39 is 0 Å². The summed E-state index contributed by atoms with van der Waals surface area (Å²) in [6.45, 7) is 4.14. The molecule has 0 spiro atoms. The monoisotopic (exact) mass is 330 g/mol. The van der Waals surface area contributed by atoms with Crippen molar-refractivity contribution >= 4 is 15.9 Å². The van der Waals surface area contributed by atoms with Crippen molar-refractivity contribution < 1.29 is 4.39 Å². The van der Waals surface area contributed by atoms with E-state index >= 15 is 0 Å². The standard InChI is InChI=1S/C15H24BrFN2/c1-4-8-18-14(7-9-19(2)3)11-12-10-13(16)5-6-15(12)17/h5-6,10,14,18H,4,7-9,11H2,1-3H3. The minimum atomic E-state index is -0.114. The van der Waals surface area contributed by atoms with Crippen molar-refractivity contribution in [1.82, 2.24) is 10.2 Å². The van der Waals surface area contributed by atoms with Crippen molar-refractivity contribution in [3.8, 4) is 0 Å². The molecule has 0 bridgehead atoms. The Morgan fingerprint density at radius 3 is 2.74 bits per heavy atom. The van der Waals surface area contributed by atoms with Crippen molar-refractivity contribution in [2.75, 3.05) is 27.2 Å². The van der Waals surface area contributed by atoms with Crippen LogP contribution in [0.3, 0.4) is 0 Å². The van der Waals surface area contributed by atoms with Crippen LogP contribution in [-0.2, 0) is 6.42 Å². The SMILES string of the molecule is CCCNC(CCN(C)C)Cc1cc(Br)ccc1F. The summed E-state index contributed by atoms with van der Waals surface area (Å²) in [5.41, 5.74) is 0.779. The van der Waals surface area contributed by atoms with E-state index in [1.807, 2.05) is 6.07 Å². The maximum Gasteiger partial charge on any atom is 0.126 e. The molecule has 0 fully saturated rings. The molecule has 0 aliphatic rings. The van der Waals surface area contributed by atoms with Crippen LogP contribution in [0.2, 0.25) is 0 Å². The van der Waals surface area contributed by atoms with Gasteiger partial charge in [-0.3, -0.25) is 0 Å². The van der Waals surface area contributed by atoms with Gasteiger partial charge in [0.05, 0.1) is 0 Å². The third-order valence-corrected chi connectivity index (χ3v) is 3.58. The van der Waals surface area contributed by atoms with Crippen molar-refractivity contribution in [2.24, 2.45) is 0 Å². The first-order chi connectivity index (χ1) is 9.02. The van der Waals surface area contributed by atoms with Gasteiger partial charge in [0.15, 0.2) is 0 Å². The van der Waals surface area contributed by atoms with Crippen molar-refractivity contribution in [2.45, 2.75) is 32.2 Å². The van der Waals surface area contributed by atoms with Crippen molar-refractivity contribution in [1.29, 1.82) is 0 Å². The summed E-state index contributed by atoms with van der Waals surface area (Å²) in [6, 6.07) is 5.48. The molecule has 1 aromatic carbocycles.